The number of carbonyl (C=O) groups is 2. The first-order valence-corrected chi connectivity index (χ1v) is 13.3. The van der Waals surface area contributed by atoms with Crippen molar-refractivity contribution in [2.45, 2.75) is 38.4 Å². The summed E-state index contributed by atoms with van der Waals surface area (Å²) in [6, 6.07) is 14.3. The number of fused-ring (bicyclic) bond motifs is 1. The molecule has 37 heavy (non-hydrogen) atoms. The highest BCUT2D eigenvalue weighted by molar-refractivity contribution is 8.00. The van der Waals surface area contributed by atoms with E-state index in [1.807, 2.05) is 19.1 Å². The van der Waals surface area contributed by atoms with Gasteiger partial charge in [0.05, 0.1) is 29.0 Å². The third-order valence-electron chi connectivity index (χ3n) is 6.15. The number of rotatable bonds is 7. The normalized spacial score (nSPS) is 15.9. The summed E-state index contributed by atoms with van der Waals surface area (Å²) in [6.07, 6.45) is 0. The van der Waals surface area contributed by atoms with Crippen molar-refractivity contribution < 1.29 is 18.7 Å². The van der Waals surface area contributed by atoms with Gasteiger partial charge in [0.1, 0.15) is 18.2 Å². The summed E-state index contributed by atoms with van der Waals surface area (Å²) in [5.41, 5.74) is 4.15. The van der Waals surface area contributed by atoms with Gasteiger partial charge in [-0.05, 0) is 36.8 Å². The Morgan fingerprint density at radius 1 is 1.22 bits per heavy atom. The zero-order valence-corrected chi connectivity index (χ0v) is 22.7. The summed E-state index contributed by atoms with van der Waals surface area (Å²) in [5, 5.41) is 7.64. The molecule has 0 unspecified atom stereocenters. The molecule has 1 N–H and O–H groups in total. The molecule has 196 valence electrons. The highest BCUT2D eigenvalue weighted by atomic mass is 32.2. The molecule has 4 rings (SSSR count). The molecule has 1 aromatic heterocycles. The van der Waals surface area contributed by atoms with E-state index in [1.54, 1.807) is 23.9 Å². The lowest BCUT2D eigenvalue weighted by Gasteiger charge is -2.24. The van der Waals surface area contributed by atoms with Crippen LogP contribution in [-0.2, 0) is 19.7 Å². The molecule has 2 heterocycles. The average Bonchev–Trinajstić information content (AvgIpc) is 3.18. The molecule has 0 bridgehead atoms. The number of anilines is 1. The maximum absolute atomic E-state index is 13.8. The van der Waals surface area contributed by atoms with E-state index in [1.165, 1.54) is 28.8 Å². The molecule has 2 amide bonds. The van der Waals surface area contributed by atoms with Gasteiger partial charge in [0.2, 0.25) is 11.8 Å². The van der Waals surface area contributed by atoms with Crippen LogP contribution in [-0.4, -0.2) is 54.2 Å². The third kappa shape index (κ3) is 5.88. The molecule has 0 aliphatic carbocycles. The molecular formula is C28H33FN4O3S. The maximum Gasteiger partial charge on any atom is 0.240 e. The van der Waals surface area contributed by atoms with Crippen LogP contribution in [0.5, 0.6) is 0 Å². The fourth-order valence-electron chi connectivity index (χ4n) is 4.42. The van der Waals surface area contributed by atoms with E-state index in [0.717, 1.165) is 22.4 Å². The van der Waals surface area contributed by atoms with Crippen LogP contribution < -0.4 is 10.2 Å². The number of methoxy groups -OCH3 is 1. The van der Waals surface area contributed by atoms with E-state index in [-0.39, 0.29) is 40.6 Å². The summed E-state index contributed by atoms with van der Waals surface area (Å²) in [6.45, 7) is 8.84. The van der Waals surface area contributed by atoms with Crippen molar-refractivity contribution in [1.29, 1.82) is 0 Å². The smallest absolute Gasteiger partial charge is 0.240 e. The van der Waals surface area contributed by atoms with Gasteiger partial charge in [-0.3, -0.25) is 14.5 Å². The number of nitrogens with one attached hydrogen (secondary N) is 1. The van der Waals surface area contributed by atoms with Crippen molar-refractivity contribution >= 4 is 29.4 Å². The topological polar surface area (TPSA) is 76.5 Å². The second kappa shape index (κ2) is 11.1. The Labute approximate surface area is 221 Å². The van der Waals surface area contributed by atoms with E-state index in [4.69, 9.17) is 9.84 Å². The van der Waals surface area contributed by atoms with E-state index in [0.29, 0.717) is 24.7 Å². The van der Waals surface area contributed by atoms with Crippen molar-refractivity contribution in [3.63, 3.8) is 0 Å². The number of aryl methyl sites for hydroxylation is 1. The second-order valence-electron chi connectivity index (χ2n) is 10.2. The number of benzene rings is 2. The Morgan fingerprint density at radius 2 is 1.95 bits per heavy atom. The van der Waals surface area contributed by atoms with Gasteiger partial charge in [0.25, 0.3) is 0 Å². The van der Waals surface area contributed by atoms with E-state index in [2.05, 4.69) is 38.2 Å². The standard InChI is InChI=1S/C28H33FN4O3S/c1-18-7-6-8-19(15-18)25-24-26(28(2,3)4)31-33(21-11-9-20(29)10-12-21)27(24)32(23(35)17-37-25)16-22(34)30-13-14-36-5/h6-12,15,25H,13-14,16-17H2,1-5H3,(H,30,34)/t25-/m1/s1. The Morgan fingerprint density at radius 3 is 2.59 bits per heavy atom. The molecular weight excluding hydrogens is 491 g/mol. The number of aromatic nitrogens is 2. The number of hydrogen-bond donors (Lipinski definition) is 1. The first kappa shape index (κ1) is 26.9. The molecule has 9 heteroatoms. The number of thioether (sulfide) groups is 1. The molecule has 3 aromatic rings. The Bertz CT molecular complexity index is 1280. The first-order valence-electron chi connectivity index (χ1n) is 12.2. The Hall–Kier alpha value is -3.17. The van der Waals surface area contributed by atoms with Crippen LogP contribution in [0.2, 0.25) is 0 Å². The number of ether oxygens (including phenoxy) is 1. The van der Waals surface area contributed by atoms with Gasteiger partial charge < -0.3 is 10.1 Å². The molecule has 1 aliphatic heterocycles. The summed E-state index contributed by atoms with van der Waals surface area (Å²) in [5.74, 6) is -0.103. The maximum atomic E-state index is 13.8. The average molecular weight is 525 g/mol. The van der Waals surface area contributed by atoms with Crippen LogP contribution >= 0.6 is 11.8 Å². The fourth-order valence-corrected chi connectivity index (χ4v) is 5.61. The predicted molar refractivity (Wildman–Crippen MR) is 145 cm³/mol. The lowest BCUT2D eigenvalue weighted by atomic mass is 9.87. The number of amides is 2. The quantitative estimate of drug-likeness (QED) is 0.459. The Balaban J connectivity index is 1.95. The molecule has 0 spiro atoms. The number of carbonyl (C=O) groups excluding carboxylic acids is 2. The highest BCUT2D eigenvalue weighted by Crippen LogP contribution is 2.48. The minimum absolute atomic E-state index is 0.160. The monoisotopic (exact) mass is 524 g/mol. The van der Waals surface area contributed by atoms with Gasteiger partial charge in [0.15, 0.2) is 0 Å². The van der Waals surface area contributed by atoms with Crippen LogP contribution in [0.3, 0.4) is 0 Å². The molecule has 0 saturated heterocycles. The lowest BCUT2D eigenvalue weighted by molar-refractivity contribution is -0.123. The number of nitrogens with zero attached hydrogens (tertiary/aromatic N) is 3. The van der Waals surface area contributed by atoms with Gasteiger partial charge in [-0.15, -0.1) is 11.8 Å². The second-order valence-corrected chi connectivity index (χ2v) is 11.2. The van der Waals surface area contributed by atoms with Crippen LogP contribution in [0.25, 0.3) is 5.69 Å². The van der Waals surface area contributed by atoms with Crippen LogP contribution in [0, 0.1) is 12.7 Å². The van der Waals surface area contributed by atoms with E-state index in [9.17, 15) is 14.0 Å². The molecule has 2 aromatic carbocycles. The Kier molecular flexibility index (Phi) is 8.04. The molecule has 7 nitrogen and oxygen atoms in total. The third-order valence-corrected chi connectivity index (χ3v) is 7.40. The van der Waals surface area contributed by atoms with Gasteiger partial charge in [0, 0.05) is 24.6 Å². The summed E-state index contributed by atoms with van der Waals surface area (Å²) < 4.78 is 20.5. The highest BCUT2D eigenvalue weighted by Gasteiger charge is 2.39. The zero-order valence-electron chi connectivity index (χ0n) is 21.9. The molecule has 0 fully saturated rings. The van der Waals surface area contributed by atoms with Crippen LogP contribution in [0.15, 0.2) is 48.5 Å². The minimum atomic E-state index is -0.364. The van der Waals surface area contributed by atoms with Crippen LogP contribution in [0.4, 0.5) is 10.2 Å². The molecule has 1 aliphatic rings. The van der Waals surface area contributed by atoms with Crippen LogP contribution in [0.1, 0.15) is 48.4 Å². The largest absolute Gasteiger partial charge is 0.383 e. The molecule has 1 atom stereocenters. The van der Waals surface area contributed by atoms with E-state index >= 15 is 0 Å². The van der Waals surface area contributed by atoms with E-state index < -0.39 is 0 Å². The molecule has 0 saturated carbocycles. The van der Waals surface area contributed by atoms with Crippen molar-refractivity contribution in [2.75, 3.05) is 37.5 Å². The van der Waals surface area contributed by atoms with Gasteiger partial charge in [-0.2, -0.15) is 5.10 Å². The van der Waals surface area contributed by atoms with Crippen molar-refractivity contribution in [3.8, 4) is 5.69 Å². The minimum Gasteiger partial charge on any atom is -0.383 e. The fraction of sp³-hybridized carbons (Fsp3) is 0.393. The molecule has 0 radical (unpaired) electrons. The number of halogens is 1. The number of hydrogen-bond acceptors (Lipinski definition) is 5. The van der Waals surface area contributed by atoms with Crippen molar-refractivity contribution in [2.24, 2.45) is 0 Å². The summed E-state index contributed by atoms with van der Waals surface area (Å²) in [4.78, 5) is 28.0. The van der Waals surface area contributed by atoms with Crippen molar-refractivity contribution in [3.05, 3.63) is 76.7 Å². The SMILES string of the molecule is COCCNC(=O)CN1C(=O)CS[C@H](c2cccc(C)c2)c2c(C(C)(C)C)nn(-c3ccc(F)cc3)c21. The van der Waals surface area contributed by atoms with Crippen molar-refractivity contribution in [1.82, 2.24) is 15.1 Å². The van der Waals surface area contributed by atoms with Gasteiger partial charge in [-0.1, -0.05) is 50.6 Å². The zero-order chi connectivity index (χ0) is 26.7. The summed E-state index contributed by atoms with van der Waals surface area (Å²) in [7, 11) is 1.56. The van der Waals surface area contributed by atoms with Gasteiger partial charge >= 0.3 is 0 Å². The summed E-state index contributed by atoms with van der Waals surface area (Å²) >= 11 is 1.53. The lowest BCUT2D eigenvalue weighted by Crippen LogP contribution is -2.43. The first-order chi connectivity index (χ1) is 17.6. The predicted octanol–water partition coefficient (Wildman–Crippen LogP) is 4.55. The van der Waals surface area contributed by atoms with Gasteiger partial charge in [-0.25, -0.2) is 9.07 Å².